The zero-order chi connectivity index (χ0) is 13.8. The number of hydrazine groups is 1. The van der Waals surface area contributed by atoms with Gasteiger partial charge in [0, 0.05) is 4.88 Å². The summed E-state index contributed by atoms with van der Waals surface area (Å²) in [6.45, 7) is 1.92. The highest BCUT2D eigenvalue weighted by Gasteiger charge is 2.15. The summed E-state index contributed by atoms with van der Waals surface area (Å²) in [4.78, 5) is 13.2. The molecule has 0 radical (unpaired) electrons. The summed E-state index contributed by atoms with van der Waals surface area (Å²) >= 11 is 7.34. The fourth-order valence-electron chi connectivity index (χ4n) is 1.71. The lowest BCUT2D eigenvalue weighted by atomic mass is 10.1. The van der Waals surface area contributed by atoms with Crippen LogP contribution in [0.15, 0.2) is 36.4 Å². The number of anilines is 1. The van der Waals surface area contributed by atoms with E-state index in [1.54, 1.807) is 18.2 Å². The lowest BCUT2D eigenvalue weighted by Gasteiger charge is -2.14. The van der Waals surface area contributed by atoms with E-state index in [1.807, 2.05) is 25.1 Å². The number of nitrogen functional groups attached to an aromatic ring is 1. The molecule has 100 valence electrons. The van der Waals surface area contributed by atoms with Crippen molar-refractivity contribution in [2.45, 2.75) is 13.0 Å². The number of hydrogen-bond acceptors (Lipinski definition) is 4. The number of benzene rings is 1. The Morgan fingerprint density at radius 2 is 2.05 bits per heavy atom. The molecule has 6 heteroatoms. The number of hydrogen-bond donors (Lipinski definition) is 3. The average Bonchev–Trinajstić information content (AvgIpc) is 2.85. The summed E-state index contributed by atoms with van der Waals surface area (Å²) in [7, 11) is 0. The van der Waals surface area contributed by atoms with Gasteiger partial charge in [0.05, 0.1) is 21.6 Å². The molecule has 1 aromatic carbocycles. The first-order chi connectivity index (χ1) is 9.11. The Morgan fingerprint density at radius 1 is 1.32 bits per heavy atom. The van der Waals surface area contributed by atoms with E-state index in [-0.39, 0.29) is 11.9 Å². The van der Waals surface area contributed by atoms with Gasteiger partial charge in [0.25, 0.3) is 5.91 Å². The number of para-hydroxylation sites is 1. The maximum atomic E-state index is 12.2. The fraction of sp³-hybridized carbons (Fsp3) is 0.154. The third-order valence-electron chi connectivity index (χ3n) is 2.70. The van der Waals surface area contributed by atoms with Gasteiger partial charge in [0.1, 0.15) is 0 Å². The van der Waals surface area contributed by atoms with Crippen LogP contribution in [0.1, 0.15) is 28.2 Å². The molecule has 19 heavy (non-hydrogen) atoms. The minimum absolute atomic E-state index is 0.101. The number of amides is 1. The molecule has 0 aliphatic heterocycles. The van der Waals surface area contributed by atoms with Crippen LogP contribution < -0.4 is 16.6 Å². The van der Waals surface area contributed by atoms with Crippen LogP contribution in [0.25, 0.3) is 0 Å². The number of rotatable bonds is 4. The molecule has 0 aliphatic carbocycles. The first-order valence-corrected chi connectivity index (χ1v) is 6.93. The molecule has 0 aliphatic rings. The summed E-state index contributed by atoms with van der Waals surface area (Å²) < 4.78 is 0.708. The van der Waals surface area contributed by atoms with E-state index in [2.05, 4.69) is 10.7 Å². The van der Waals surface area contributed by atoms with Crippen molar-refractivity contribution in [2.24, 2.45) is 5.84 Å². The van der Waals surface area contributed by atoms with Crippen LogP contribution in [-0.2, 0) is 0 Å². The molecule has 1 aromatic heterocycles. The van der Waals surface area contributed by atoms with Crippen molar-refractivity contribution in [2.75, 3.05) is 5.43 Å². The predicted octanol–water partition coefficient (Wildman–Crippen LogP) is 3.18. The Labute approximate surface area is 120 Å². The molecular formula is C13H14ClN3OS. The number of nitrogens with two attached hydrogens (primary N) is 1. The van der Waals surface area contributed by atoms with E-state index in [9.17, 15) is 4.79 Å². The van der Waals surface area contributed by atoms with Gasteiger partial charge in [-0.3, -0.25) is 10.6 Å². The highest BCUT2D eigenvalue weighted by molar-refractivity contribution is 7.16. The van der Waals surface area contributed by atoms with Gasteiger partial charge in [-0.05, 0) is 31.2 Å². The largest absolute Gasteiger partial charge is 0.345 e. The van der Waals surface area contributed by atoms with Gasteiger partial charge in [0.15, 0.2) is 0 Å². The van der Waals surface area contributed by atoms with Crippen LogP contribution in [0.4, 0.5) is 5.69 Å². The van der Waals surface area contributed by atoms with Crippen LogP contribution in [0, 0.1) is 0 Å². The number of carbonyl (C=O) groups is 1. The van der Waals surface area contributed by atoms with Crippen LogP contribution in [0.3, 0.4) is 0 Å². The van der Waals surface area contributed by atoms with Gasteiger partial charge < -0.3 is 10.7 Å². The first-order valence-electron chi connectivity index (χ1n) is 5.73. The van der Waals surface area contributed by atoms with E-state index in [0.29, 0.717) is 15.6 Å². The van der Waals surface area contributed by atoms with Crippen molar-refractivity contribution in [3.63, 3.8) is 0 Å². The number of carbonyl (C=O) groups excluding carboxylic acids is 1. The number of nitrogens with one attached hydrogen (secondary N) is 2. The van der Waals surface area contributed by atoms with Crippen LogP contribution >= 0.6 is 22.9 Å². The molecule has 4 N–H and O–H groups in total. The average molecular weight is 296 g/mol. The zero-order valence-corrected chi connectivity index (χ0v) is 11.9. The zero-order valence-electron chi connectivity index (χ0n) is 10.3. The third-order valence-corrected chi connectivity index (χ3v) is 4.11. The maximum Gasteiger partial charge on any atom is 0.253 e. The molecule has 2 aromatic rings. The fourth-order valence-corrected chi connectivity index (χ4v) is 2.78. The van der Waals surface area contributed by atoms with Gasteiger partial charge in [-0.25, -0.2) is 0 Å². The summed E-state index contributed by atoms with van der Waals surface area (Å²) in [5, 5.41) is 2.92. The van der Waals surface area contributed by atoms with E-state index < -0.39 is 0 Å². The van der Waals surface area contributed by atoms with Crippen molar-refractivity contribution in [1.29, 1.82) is 0 Å². The first kappa shape index (κ1) is 13.9. The van der Waals surface area contributed by atoms with Gasteiger partial charge in [-0.15, -0.1) is 11.3 Å². The molecule has 0 saturated heterocycles. The van der Waals surface area contributed by atoms with Crippen molar-refractivity contribution in [3.8, 4) is 0 Å². The molecule has 0 fully saturated rings. The summed E-state index contributed by atoms with van der Waals surface area (Å²) in [6, 6.07) is 10.7. The maximum absolute atomic E-state index is 12.2. The minimum Gasteiger partial charge on any atom is -0.345 e. The van der Waals surface area contributed by atoms with Crippen LogP contribution in [0.2, 0.25) is 4.34 Å². The topological polar surface area (TPSA) is 67.2 Å². The molecule has 0 bridgehead atoms. The summed E-state index contributed by atoms with van der Waals surface area (Å²) in [6.07, 6.45) is 0. The van der Waals surface area contributed by atoms with E-state index in [0.717, 1.165) is 4.88 Å². The Balaban J connectivity index is 2.12. The molecule has 1 atom stereocenters. The van der Waals surface area contributed by atoms with Gasteiger partial charge in [-0.1, -0.05) is 23.7 Å². The summed E-state index contributed by atoms with van der Waals surface area (Å²) in [5.41, 5.74) is 3.62. The Hall–Kier alpha value is -1.56. The highest BCUT2D eigenvalue weighted by atomic mass is 35.5. The normalized spacial score (nSPS) is 11.9. The van der Waals surface area contributed by atoms with Crippen molar-refractivity contribution in [1.82, 2.24) is 5.32 Å². The Kier molecular flexibility index (Phi) is 4.42. The predicted molar refractivity (Wildman–Crippen MR) is 79.5 cm³/mol. The lowest BCUT2D eigenvalue weighted by Crippen LogP contribution is -2.27. The molecule has 0 spiro atoms. The van der Waals surface area contributed by atoms with Crippen molar-refractivity contribution >= 4 is 34.5 Å². The quantitative estimate of drug-likeness (QED) is 0.599. The Bertz CT molecular complexity index is 585. The third kappa shape index (κ3) is 3.26. The number of thiophene rings is 1. The molecule has 2 rings (SSSR count). The lowest BCUT2D eigenvalue weighted by molar-refractivity contribution is 0.0941. The Morgan fingerprint density at radius 3 is 2.68 bits per heavy atom. The van der Waals surface area contributed by atoms with Crippen LogP contribution in [0.5, 0.6) is 0 Å². The second-order valence-electron chi connectivity index (χ2n) is 4.03. The molecule has 4 nitrogen and oxygen atoms in total. The van der Waals surface area contributed by atoms with Gasteiger partial charge in [-0.2, -0.15) is 0 Å². The van der Waals surface area contributed by atoms with E-state index in [4.69, 9.17) is 17.4 Å². The smallest absolute Gasteiger partial charge is 0.253 e. The second kappa shape index (κ2) is 6.06. The molecule has 1 amide bonds. The minimum atomic E-state index is -0.175. The number of halogens is 1. The van der Waals surface area contributed by atoms with Gasteiger partial charge in [0.2, 0.25) is 0 Å². The molecular weight excluding hydrogens is 282 g/mol. The molecule has 1 unspecified atom stereocenters. The van der Waals surface area contributed by atoms with E-state index >= 15 is 0 Å². The summed E-state index contributed by atoms with van der Waals surface area (Å²) in [5.74, 6) is 5.21. The standard InChI is InChI=1S/C13H14ClN3OS/c1-8(11-6-7-12(14)19-11)16-13(18)9-4-2-3-5-10(9)17-15/h2-8,17H,15H2,1H3,(H,16,18). The van der Waals surface area contributed by atoms with Gasteiger partial charge >= 0.3 is 0 Å². The van der Waals surface area contributed by atoms with Crippen molar-refractivity contribution < 1.29 is 4.79 Å². The van der Waals surface area contributed by atoms with Crippen LogP contribution in [-0.4, -0.2) is 5.91 Å². The highest BCUT2D eigenvalue weighted by Crippen LogP contribution is 2.27. The van der Waals surface area contributed by atoms with Crippen molar-refractivity contribution in [3.05, 3.63) is 51.2 Å². The molecule has 0 saturated carbocycles. The van der Waals surface area contributed by atoms with E-state index in [1.165, 1.54) is 11.3 Å². The monoisotopic (exact) mass is 295 g/mol. The molecule has 1 heterocycles. The second-order valence-corrected chi connectivity index (χ2v) is 5.77. The SMILES string of the molecule is CC(NC(=O)c1ccccc1NN)c1ccc(Cl)s1.